The second-order valence-electron chi connectivity index (χ2n) is 16.7. The lowest BCUT2D eigenvalue weighted by Crippen LogP contribution is -2.47. The minimum absolute atomic E-state index is 0.485. The molecule has 0 aromatic heterocycles. The molecule has 68 heavy (non-hydrogen) atoms. The van der Waals surface area contributed by atoms with Crippen LogP contribution in [0.4, 0.5) is 0 Å². The van der Waals surface area contributed by atoms with E-state index < -0.39 is 25.8 Å². The molecule has 12 nitrogen and oxygen atoms in total. The number of piperazine rings is 1. The lowest BCUT2D eigenvalue weighted by molar-refractivity contribution is 0.130. The van der Waals surface area contributed by atoms with Crippen LogP contribution in [0, 0.1) is 0 Å². The molecule has 1 aliphatic rings. The van der Waals surface area contributed by atoms with Gasteiger partial charge in [-0.05, 0) is 74.4 Å². The second-order valence-corrected chi connectivity index (χ2v) is 22.4. The third kappa shape index (κ3) is 11.1. The van der Waals surface area contributed by atoms with Crippen LogP contribution in [0.1, 0.15) is 35.5 Å². The first kappa shape index (κ1) is 50.3. The molecule has 6 aromatic carbocycles. The van der Waals surface area contributed by atoms with Crippen molar-refractivity contribution in [2.45, 2.75) is 24.4 Å². The number of ether oxygens (including phenoxy) is 6. The van der Waals surface area contributed by atoms with Crippen molar-refractivity contribution >= 4 is 35.5 Å². The minimum atomic E-state index is -3.33. The molecule has 2 atom stereocenters. The Kier molecular flexibility index (Phi) is 17.8. The van der Waals surface area contributed by atoms with Gasteiger partial charge < -0.3 is 58.0 Å². The number of benzene rings is 6. The van der Waals surface area contributed by atoms with E-state index in [2.05, 4.69) is 20.4 Å². The predicted molar refractivity (Wildman–Crippen MR) is 275 cm³/mol. The first-order valence-electron chi connectivity index (χ1n) is 23.2. The molecule has 0 spiro atoms. The largest absolute Gasteiger partial charge is 0.493 e. The molecule has 0 radical (unpaired) electrons. The molecule has 2 N–H and O–H groups in total. The Morgan fingerprint density at radius 2 is 0.691 bits per heavy atom. The first-order chi connectivity index (χ1) is 33.2. The van der Waals surface area contributed by atoms with Crippen molar-refractivity contribution in [2.75, 3.05) is 95.0 Å². The zero-order chi connectivity index (χ0) is 47.9. The monoisotopic (exact) mass is 960 g/mol. The molecule has 7 rings (SSSR count). The molecule has 360 valence electrons. The Morgan fingerprint density at radius 3 is 0.926 bits per heavy atom. The Hall–Kier alpha value is -5.58. The third-order valence-electron chi connectivity index (χ3n) is 12.7. The van der Waals surface area contributed by atoms with Crippen molar-refractivity contribution in [1.29, 1.82) is 0 Å². The van der Waals surface area contributed by atoms with Gasteiger partial charge in [0.25, 0.3) is 0 Å². The van der Waals surface area contributed by atoms with Crippen LogP contribution in [0.15, 0.2) is 146 Å². The molecule has 0 bridgehead atoms. The summed E-state index contributed by atoms with van der Waals surface area (Å²) in [4.78, 5) is 5.02. The second kappa shape index (κ2) is 24.1. The highest BCUT2D eigenvalue weighted by Crippen LogP contribution is 2.58. The molecule has 1 heterocycles. The Labute approximate surface area is 402 Å². The molecular formula is C54H66N4O8P2. The van der Waals surface area contributed by atoms with Gasteiger partial charge in [0.05, 0.1) is 54.2 Å². The molecule has 0 aliphatic carbocycles. The highest BCUT2D eigenvalue weighted by molar-refractivity contribution is 7.79. The quantitative estimate of drug-likeness (QED) is 0.0452. The Bertz CT molecular complexity index is 2280. The molecule has 1 aliphatic heterocycles. The standard InChI is InChI=1S/C54H66N4O8P2/c1-61-47-37-41(38-48(62-2)51(47)65-5)53(67(59,43-21-11-7-12-22-43)44-23-13-8-14-24-44)55-29-19-31-57-33-35-58(36-34-57)32-20-30-56-54(42-39-49(63-3)52(66-6)50(40-42)64-4)68(60,45-25-15-9-16-26-45)46-27-17-10-18-28-46/h7-18,21-28,37-40,53-56H,19-20,29-36H2,1-6H3. The highest BCUT2D eigenvalue weighted by Gasteiger charge is 2.40. The summed E-state index contributed by atoms with van der Waals surface area (Å²) in [5.41, 5.74) is 1.58. The number of hydrogen-bond donors (Lipinski definition) is 2. The number of hydrogen-bond acceptors (Lipinski definition) is 12. The molecule has 0 saturated carbocycles. The van der Waals surface area contributed by atoms with Gasteiger partial charge in [0.15, 0.2) is 37.3 Å². The number of nitrogens with zero attached hydrogens (tertiary/aromatic N) is 2. The van der Waals surface area contributed by atoms with Crippen LogP contribution in [-0.4, -0.2) is 105 Å². The van der Waals surface area contributed by atoms with Crippen LogP contribution >= 0.6 is 14.3 Å². The average molecular weight is 961 g/mol. The Morgan fingerprint density at radius 1 is 0.426 bits per heavy atom. The predicted octanol–water partition coefficient (Wildman–Crippen LogP) is 8.04. The molecule has 2 unspecified atom stereocenters. The van der Waals surface area contributed by atoms with Crippen LogP contribution in [0.25, 0.3) is 0 Å². The van der Waals surface area contributed by atoms with Crippen molar-refractivity contribution in [2.24, 2.45) is 0 Å². The number of nitrogens with one attached hydrogen (secondary N) is 2. The fourth-order valence-corrected chi connectivity index (χ4v) is 15.4. The smallest absolute Gasteiger partial charge is 0.203 e. The zero-order valence-corrected chi connectivity index (χ0v) is 41.9. The molecule has 0 amide bonds. The van der Waals surface area contributed by atoms with Gasteiger partial charge in [-0.3, -0.25) is 0 Å². The molecule has 6 aromatic rings. The van der Waals surface area contributed by atoms with E-state index in [1.807, 2.05) is 146 Å². The van der Waals surface area contributed by atoms with E-state index in [0.717, 1.165) is 84.5 Å². The number of methoxy groups -OCH3 is 6. The van der Waals surface area contributed by atoms with E-state index >= 15 is 9.13 Å². The number of rotatable bonds is 24. The summed E-state index contributed by atoms with van der Waals surface area (Å²) in [7, 11) is 2.90. The summed E-state index contributed by atoms with van der Waals surface area (Å²) in [5, 5.41) is 10.6. The molecular weight excluding hydrogens is 895 g/mol. The fourth-order valence-electron chi connectivity index (χ4n) is 9.24. The Balaban J connectivity index is 1.01. The summed E-state index contributed by atoms with van der Waals surface area (Å²) in [6.07, 6.45) is 1.72. The van der Waals surface area contributed by atoms with Gasteiger partial charge in [0, 0.05) is 47.4 Å². The maximum Gasteiger partial charge on any atom is 0.203 e. The van der Waals surface area contributed by atoms with Gasteiger partial charge in [0.1, 0.15) is 0 Å². The summed E-state index contributed by atoms with van der Waals surface area (Å²) in [6.45, 7) is 6.86. The third-order valence-corrected chi connectivity index (χ3v) is 19.4. The zero-order valence-electron chi connectivity index (χ0n) is 40.1. The van der Waals surface area contributed by atoms with E-state index in [4.69, 9.17) is 28.4 Å². The van der Waals surface area contributed by atoms with E-state index in [9.17, 15) is 0 Å². The van der Waals surface area contributed by atoms with E-state index in [1.54, 1.807) is 42.7 Å². The van der Waals surface area contributed by atoms with Crippen molar-refractivity contribution in [1.82, 2.24) is 20.4 Å². The van der Waals surface area contributed by atoms with E-state index in [0.29, 0.717) is 47.6 Å². The lowest BCUT2D eigenvalue weighted by Gasteiger charge is -2.35. The van der Waals surface area contributed by atoms with Crippen molar-refractivity contribution in [3.05, 3.63) is 157 Å². The van der Waals surface area contributed by atoms with Gasteiger partial charge in [-0.25, -0.2) is 0 Å². The average Bonchev–Trinajstić information content (AvgIpc) is 3.40. The summed E-state index contributed by atoms with van der Waals surface area (Å²) >= 11 is 0. The van der Waals surface area contributed by atoms with Crippen molar-refractivity contribution in [3.8, 4) is 34.5 Å². The summed E-state index contributed by atoms with van der Waals surface area (Å²) in [6, 6.07) is 46.6. The van der Waals surface area contributed by atoms with Crippen LogP contribution in [0.5, 0.6) is 34.5 Å². The SMILES string of the molecule is COc1cc(C(NCCCN2CCN(CCCNC(c3cc(OC)c(OC)c(OC)c3)P(=O)(c3ccccc3)c3ccccc3)CC2)P(=O)(c2ccccc2)c2ccccc2)cc(OC)c1OC. The van der Waals surface area contributed by atoms with E-state index in [1.165, 1.54) is 0 Å². The van der Waals surface area contributed by atoms with E-state index in [-0.39, 0.29) is 0 Å². The van der Waals surface area contributed by atoms with Crippen LogP contribution in [0.3, 0.4) is 0 Å². The minimum Gasteiger partial charge on any atom is -0.493 e. The van der Waals surface area contributed by atoms with Crippen molar-refractivity contribution in [3.63, 3.8) is 0 Å². The van der Waals surface area contributed by atoms with Gasteiger partial charge >= 0.3 is 0 Å². The van der Waals surface area contributed by atoms with Crippen molar-refractivity contribution < 1.29 is 37.6 Å². The molecule has 1 saturated heterocycles. The lowest BCUT2D eigenvalue weighted by atomic mass is 10.1. The summed E-state index contributed by atoms with van der Waals surface area (Å²) < 4.78 is 66.1. The summed E-state index contributed by atoms with van der Waals surface area (Å²) in [5.74, 6) is 1.85. The maximum absolute atomic E-state index is 15.9. The van der Waals surface area contributed by atoms with Gasteiger partial charge in [-0.15, -0.1) is 0 Å². The highest BCUT2D eigenvalue weighted by atomic mass is 31.2. The van der Waals surface area contributed by atoms with Gasteiger partial charge in [-0.2, -0.15) is 0 Å². The first-order valence-corrected chi connectivity index (χ1v) is 26.7. The molecule has 1 fully saturated rings. The molecule has 14 heteroatoms. The topological polar surface area (TPSA) is 120 Å². The van der Waals surface area contributed by atoms with Gasteiger partial charge in [-0.1, -0.05) is 121 Å². The normalized spacial score (nSPS) is 14.4. The maximum atomic E-state index is 15.9. The van der Waals surface area contributed by atoms with Gasteiger partial charge in [0.2, 0.25) is 11.5 Å². The van der Waals surface area contributed by atoms with Crippen LogP contribution in [-0.2, 0) is 9.13 Å². The van der Waals surface area contributed by atoms with Crippen LogP contribution in [0.2, 0.25) is 0 Å². The fraction of sp³-hybridized carbons (Fsp3) is 0.333. The van der Waals surface area contributed by atoms with Crippen LogP contribution < -0.4 is 60.3 Å².